The highest BCUT2D eigenvalue weighted by atomic mass is 16.7. The zero-order chi connectivity index (χ0) is 39.8. The number of amides is 1. The number of aromatic hydroxyl groups is 2. The fourth-order valence-electron chi connectivity index (χ4n) is 8.55. The number of carbonyl (C=O) groups excluding carboxylic acids is 1. The van der Waals surface area contributed by atoms with Crippen molar-refractivity contribution in [3.63, 3.8) is 0 Å². The Hall–Kier alpha value is -5.29. The summed E-state index contributed by atoms with van der Waals surface area (Å²) < 4.78 is 12.1. The average molecular weight is 772 g/mol. The SMILES string of the molecule is O=C(C=Cc1ccc(O)c(Cc2cnc[nH]2)c1)N1c2c(cc(O)c3c2CCC2(O3)OC(CO)C(O)C(O)C2O)C(CCc2ccccc2)C1(CCCO)C(=O)O. The van der Waals surface area contributed by atoms with Crippen molar-refractivity contribution in [1.29, 1.82) is 0 Å². The van der Waals surface area contributed by atoms with Crippen molar-refractivity contribution in [1.82, 2.24) is 9.97 Å². The zero-order valence-electron chi connectivity index (χ0n) is 30.4. The lowest BCUT2D eigenvalue weighted by molar-refractivity contribution is -0.342. The molecule has 7 unspecified atom stereocenters. The number of aromatic nitrogens is 2. The predicted octanol–water partition coefficient (Wildman–Crippen LogP) is 2.28. The van der Waals surface area contributed by atoms with Crippen molar-refractivity contribution < 1.29 is 59.9 Å². The summed E-state index contributed by atoms with van der Waals surface area (Å²) >= 11 is 0. The van der Waals surface area contributed by atoms with Crippen LogP contribution in [-0.2, 0) is 33.6 Å². The van der Waals surface area contributed by atoms with Crippen molar-refractivity contribution in [3.8, 4) is 17.2 Å². The van der Waals surface area contributed by atoms with E-state index in [1.807, 2.05) is 30.3 Å². The van der Waals surface area contributed by atoms with Crippen LogP contribution in [0.4, 0.5) is 5.69 Å². The lowest BCUT2D eigenvalue weighted by atomic mass is 9.75. The van der Waals surface area contributed by atoms with Gasteiger partial charge in [0.1, 0.15) is 30.2 Å². The number of nitrogens with one attached hydrogen (secondary N) is 1. The molecule has 0 bridgehead atoms. The topological polar surface area (TPSA) is 246 Å². The van der Waals surface area contributed by atoms with Crippen molar-refractivity contribution >= 4 is 23.6 Å². The molecule has 3 aliphatic rings. The molecule has 9 N–H and O–H groups in total. The van der Waals surface area contributed by atoms with Crippen LogP contribution in [0.5, 0.6) is 17.2 Å². The first kappa shape index (κ1) is 39.0. The van der Waals surface area contributed by atoms with E-state index in [1.165, 1.54) is 35.5 Å². The average Bonchev–Trinajstić information content (AvgIpc) is 3.82. The maximum absolute atomic E-state index is 14.8. The maximum Gasteiger partial charge on any atom is 0.330 e. The van der Waals surface area contributed by atoms with Crippen LogP contribution in [-0.4, -0.2) is 112 Å². The molecule has 7 rings (SSSR count). The number of fused-ring (bicyclic) bond motifs is 3. The number of hydrogen-bond donors (Lipinski definition) is 9. The van der Waals surface area contributed by atoms with Crippen molar-refractivity contribution in [2.24, 2.45) is 0 Å². The number of benzene rings is 3. The number of ether oxygens (including phenoxy) is 2. The van der Waals surface area contributed by atoms with Crippen molar-refractivity contribution in [2.45, 2.75) is 86.6 Å². The number of carbonyl (C=O) groups is 2. The summed E-state index contributed by atoms with van der Waals surface area (Å²) in [6.07, 6.45) is -0.00227. The molecule has 15 heteroatoms. The van der Waals surface area contributed by atoms with Crippen LogP contribution in [0.2, 0.25) is 0 Å². The van der Waals surface area contributed by atoms with Gasteiger partial charge in [0.05, 0.1) is 18.6 Å². The van der Waals surface area contributed by atoms with Crippen molar-refractivity contribution in [3.05, 3.63) is 107 Å². The minimum atomic E-state index is -2.02. The summed E-state index contributed by atoms with van der Waals surface area (Å²) in [7, 11) is 0. The number of H-pyrrole nitrogens is 1. The van der Waals surface area contributed by atoms with Crippen LogP contribution < -0.4 is 9.64 Å². The van der Waals surface area contributed by atoms with E-state index in [-0.39, 0.29) is 61.5 Å². The predicted molar refractivity (Wildman–Crippen MR) is 200 cm³/mol. The first-order valence-electron chi connectivity index (χ1n) is 18.5. The minimum Gasteiger partial charge on any atom is -0.508 e. The Morgan fingerprint density at radius 3 is 2.50 bits per heavy atom. The number of nitrogens with zero attached hydrogens (tertiary/aromatic N) is 2. The van der Waals surface area contributed by atoms with Gasteiger partial charge < -0.3 is 55.3 Å². The summed E-state index contributed by atoms with van der Waals surface area (Å²) in [5.74, 6) is -5.54. The molecule has 15 nitrogen and oxygen atoms in total. The number of carboxylic acid groups (broad SMARTS) is 1. The molecule has 1 spiro atoms. The third-order valence-electron chi connectivity index (χ3n) is 11.3. The molecule has 0 saturated carbocycles. The number of rotatable bonds is 12. The fraction of sp³-hybridized carbons (Fsp3) is 0.390. The third-order valence-corrected chi connectivity index (χ3v) is 11.3. The molecule has 4 aromatic rings. The molecule has 1 saturated heterocycles. The molecule has 1 fully saturated rings. The van der Waals surface area contributed by atoms with Gasteiger partial charge in [-0.1, -0.05) is 36.4 Å². The van der Waals surface area contributed by atoms with Gasteiger partial charge in [0.15, 0.2) is 17.0 Å². The van der Waals surface area contributed by atoms with Gasteiger partial charge in [0.25, 0.3) is 5.91 Å². The number of hydrogen-bond acceptors (Lipinski definition) is 12. The Kier molecular flexibility index (Phi) is 10.9. The molecule has 0 radical (unpaired) electrons. The van der Waals surface area contributed by atoms with Gasteiger partial charge >= 0.3 is 5.97 Å². The quantitative estimate of drug-likeness (QED) is 0.0940. The first-order valence-corrected chi connectivity index (χ1v) is 18.5. The van der Waals surface area contributed by atoms with Crippen LogP contribution >= 0.6 is 0 Å². The second-order valence-electron chi connectivity index (χ2n) is 14.6. The van der Waals surface area contributed by atoms with Crippen LogP contribution in [0.1, 0.15) is 65.1 Å². The molecule has 296 valence electrons. The smallest absolute Gasteiger partial charge is 0.330 e. The number of aromatic amines is 1. The number of aliphatic hydroxyl groups excluding tert-OH is 5. The zero-order valence-corrected chi connectivity index (χ0v) is 30.4. The summed E-state index contributed by atoms with van der Waals surface area (Å²) in [6, 6.07) is 15.6. The largest absolute Gasteiger partial charge is 0.508 e. The lowest BCUT2D eigenvalue weighted by Crippen LogP contribution is -2.68. The highest BCUT2D eigenvalue weighted by Crippen LogP contribution is 2.59. The van der Waals surface area contributed by atoms with E-state index in [9.17, 15) is 50.4 Å². The van der Waals surface area contributed by atoms with E-state index < -0.39 is 65.9 Å². The fourth-order valence-corrected chi connectivity index (χ4v) is 8.55. The molecule has 56 heavy (non-hydrogen) atoms. The summed E-state index contributed by atoms with van der Waals surface area (Å²) in [5, 5.41) is 85.6. The first-order chi connectivity index (χ1) is 26.9. The van der Waals surface area contributed by atoms with E-state index >= 15 is 0 Å². The number of anilines is 1. The number of phenolic OH excluding ortho intramolecular Hbond substituents is 2. The second kappa shape index (κ2) is 15.7. The summed E-state index contributed by atoms with van der Waals surface area (Å²) in [5.41, 5.74) is 1.66. The standard InChI is InChI=1S/C41H45N3O12/c45-16-4-14-40(39(53)54)29(10-7-23-5-2-1-3-6-23)28-19-31(48)37-27(13-15-41(56-37)38(52)36(51)35(50)32(21-46)55-41)34(28)44(40)33(49)12-9-24-8-11-30(47)25(17-24)18-26-20-42-22-43-26/h1-3,5-6,8-9,11-12,17,19-20,22,29,32,35-36,38,45-48,50-52H,4,7,10,13-16,18,21H2,(H,42,43)(H,53,54). The van der Waals surface area contributed by atoms with Crippen LogP contribution in [0, 0.1) is 0 Å². The number of aliphatic hydroxyl groups is 5. The van der Waals surface area contributed by atoms with Crippen molar-refractivity contribution in [2.75, 3.05) is 18.1 Å². The number of aliphatic carboxylic acids is 1. The molecular formula is C41H45N3O12. The third kappa shape index (κ3) is 6.80. The number of carboxylic acids is 1. The van der Waals surface area contributed by atoms with Crippen LogP contribution in [0.25, 0.3) is 6.08 Å². The van der Waals surface area contributed by atoms with Gasteiger partial charge in [0, 0.05) is 54.5 Å². The number of phenols is 2. The monoisotopic (exact) mass is 771 g/mol. The van der Waals surface area contributed by atoms with Crippen LogP contribution in [0.15, 0.2) is 73.2 Å². The molecular weight excluding hydrogens is 726 g/mol. The number of imidazole rings is 1. The number of aryl methyl sites for hydroxylation is 1. The second-order valence-corrected chi connectivity index (χ2v) is 14.6. The van der Waals surface area contributed by atoms with Gasteiger partial charge in [-0.25, -0.2) is 9.78 Å². The Labute approximate surface area is 321 Å². The molecule has 3 aliphatic heterocycles. The van der Waals surface area contributed by atoms with E-state index in [1.54, 1.807) is 18.3 Å². The van der Waals surface area contributed by atoms with Gasteiger partial charge in [-0.15, -0.1) is 0 Å². The maximum atomic E-state index is 14.8. The lowest BCUT2D eigenvalue weighted by Gasteiger charge is -2.50. The Bertz CT molecular complexity index is 2090. The molecule has 4 heterocycles. The summed E-state index contributed by atoms with van der Waals surface area (Å²) in [6.45, 7) is -1.07. The van der Waals surface area contributed by atoms with E-state index in [4.69, 9.17) is 9.47 Å². The van der Waals surface area contributed by atoms with E-state index in [0.717, 1.165) is 11.3 Å². The molecule has 1 amide bonds. The van der Waals surface area contributed by atoms with Crippen LogP contribution in [0.3, 0.4) is 0 Å². The summed E-state index contributed by atoms with van der Waals surface area (Å²) in [4.78, 5) is 36.8. The Balaban J connectivity index is 1.35. The highest BCUT2D eigenvalue weighted by Gasteiger charge is 2.62. The molecule has 7 atom stereocenters. The molecule has 0 aliphatic carbocycles. The van der Waals surface area contributed by atoms with Gasteiger partial charge in [-0.05, 0) is 73.1 Å². The Morgan fingerprint density at radius 1 is 1.02 bits per heavy atom. The van der Waals surface area contributed by atoms with E-state index in [2.05, 4.69) is 9.97 Å². The highest BCUT2D eigenvalue weighted by molar-refractivity contribution is 6.12. The molecule has 1 aromatic heterocycles. The normalized spacial score (nSPS) is 26.9. The van der Waals surface area contributed by atoms with Gasteiger partial charge in [-0.2, -0.15) is 0 Å². The van der Waals surface area contributed by atoms with Gasteiger partial charge in [-0.3, -0.25) is 9.69 Å². The minimum absolute atomic E-state index is 0.0289. The van der Waals surface area contributed by atoms with Gasteiger partial charge in [0.2, 0.25) is 5.79 Å². The Morgan fingerprint density at radius 2 is 1.80 bits per heavy atom. The van der Waals surface area contributed by atoms with E-state index in [0.29, 0.717) is 29.5 Å². The molecule has 3 aromatic carbocycles.